The highest BCUT2D eigenvalue weighted by Gasteiger charge is 2.30. The summed E-state index contributed by atoms with van der Waals surface area (Å²) in [4.78, 5) is 20.0. The lowest BCUT2D eigenvalue weighted by Crippen LogP contribution is -2.31. The molecule has 1 aliphatic rings. The molecular weight excluding hydrogens is 278 g/mol. The lowest BCUT2D eigenvalue weighted by atomic mass is 10.0. The Hall–Kier alpha value is -2.14. The molecule has 2 heterocycles. The van der Waals surface area contributed by atoms with Gasteiger partial charge in [-0.3, -0.25) is 4.79 Å². The molecule has 1 saturated heterocycles. The Morgan fingerprint density at radius 3 is 2.86 bits per heavy atom. The topological polar surface area (TPSA) is 67.0 Å². The summed E-state index contributed by atoms with van der Waals surface area (Å²) in [6.45, 7) is 6.67. The summed E-state index contributed by atoms with van der Waals surface area (Å²) in [5, 5.41) is 2.94. The normalized spacial score (nSPS) is 21.0. The standard InChI is InChI=1S/C17H21N3O2/c1-10-7-8-22-15(10)17(21)20-14-6-4-5-13(9-14)16-18-11(2)12(3)19-16/h4-6,9-10,15H,7-8H2,1-3H3,(H,18,19)(H,20,21)/t10-,15+/m1/s1. The van der Waals surface area contributed by atoms with Crippen molar-refractivity contribution in [1.29, 1.82) is 0 Å². The SMILES string of the molecule is Cc1nc(-c2cccc(NC(=O)[C@H]3OCC[C@H]3C)c2)[nH]c1C. The van der Waals surface area contributed by atoms with E-state index in [1.165, 1.54) is 0 Å². The lowest BCUT2D eigenvalue weighted by Gasteiger charge is -2.14. The highest BCUT2D eigenvalue weighted by atomic mass is 16.5. The maximum atomic E-state index is 12.3. The zero-order valence-corrected chi connectivity index (χ0v) is 13.1. The largest absolute Gasteiger partial charge is 0.368 e. The van der Waals surface area contributed by atoms with Crippen LogP contribution in [0.3, 0.4) is 0 Å². The third kappa shape index (κ3) is 2.90. The molecule has 116 valence electrons. The molecule has 3 rings (SSSR count). The minimum atomic E-state index is -0.350. The molecule has 2 N–H and O–H groups in total. The summed E-state index contributed by atoms with van der Waals surface area (Å²) >= 11 is 0. The van der Waals surface area contributed by atoms with E-state index in [2.05, 4.69) is 15.3 Å². The second-order valence-electron chi connectivity index (χ2n) is 5.92. The van der Waals surface area contributed by atoms with Gasteiger partial charge in [0.05, 0.1) is 5.69 Å². The van der Waals surface area contributed by atoms with Gasteiger partial charge in [0.25, 0.3) is 5.91 Å². The monoisotopic (exact) mass is 299 g/mol. The molecule has 2 aromatic rings. The summed E-state index contributed by atoms with van der Waals surface area (Å²) < 4.78 is 5.50. The molecule has 5 heteroatoms. The Bertz CT molecular complexity index is 673. The molecule has 1 aromatic carbocycles. The van der Waals surface area contributed by atoms with Crippen LogP contribution in [0.4, 0.5) is 5.69 Å². The minimum Gasteiger partial charge on any atom is -0.368 e. The number of aromatic nitrogens is 2. The van der Waals surface area contributed by atoms with E-state index in [1.807, 2.05) is 45.0 Å². The van der Waals surface area contributed by atoms with Crippen LogP contribution >= 0.6 is 0 Å². The average Bonchev–Trinajstić information content (AvgIpc) is 3.06. The van der Waals surface area contributed by atoms with Crippen LogP contribution < -0.4 is 5.32 Å². The lowest BCUT2D eigenvalue weighted by molar-refractivity contribution is -0.126. The molecule has 5 nitrogen and oxygen atoms in total. The number of imidazole rings is 1. The summed E-state index contributed by atoms with van der Waals surface area (Å²) in [6.07, 6.45) is 0.583. The average molecular weight is 299 g/mol. The van der Waals surface area contributed by atoms with Crippen LogP contribution in [0.1, 0.15) is 24.7 Å². The molecule has 0 unspecified atom stereocenters. The molecule has 1 aliphatic heterocycles. The number of H-pyrrole nitrogens is 1. The van der Waals surface area contributed by atoms with E-state index in [4.69, 9.17) is 4.74 Å². The fourth-order valence-corrected chi connectivity index (χ4v) is 2.67. The maximum Gasteiger partial charge on any atom is 0.253 e. The third-order valence-corrected chi connectivity index (χ3v) is 4.18. The van der Waals surface area contributed by atoms with Gasteiger partial charge in [0.15, 0.2) is 0 Å². The Kier molecular flexibility index (Phi) is 3.98. The second-order valence-corrected chi connectivity index (χ2v) is 5.92. The Labute approximate surface area is 130 Å². The molecule has 0 aliphatic carbocycles. The maximum absolute atomic E-state index is 12.3. The molecule has 1 aromatic heterocycles. The first-order chi connectivity index (χ1) is 10.5. The van der Waals surface area contributed by atoms with Gasteiger partial charge in [-0.25, -0.2) is 4.98 Å². The summed E-state index contributed by atoms with van der Waals surface area (Å²) in [5.74, 6) is 1.00. The number of nitrogens with one attached hydrogen (secondary N) is 2. The van der Waals surface area contributed by atoms with E-state index in [0.717, 1.165) is 34.9 Å². The van der Waals surface area contributed by atoms with E-state index >= 15 is 0 Å². The smallest absolute Gasteiger partial charge is 0.253 e. The van der Waals surface area contributed by atoms with Gasteiger partial charge in [-0.1, -0.05) is 19.1 Å². The van der Waals surface area contributed by atoms with Crippen molar-refractivity contribution in [3.63, 3.8) is 0 Å². The van der Waals surface area contributed by atoms with Gasteiger partial charge in [-0.05, 0) is 38.3 Å². The number of ether oxygens (including phenoxy) is 1. The zero-order chi connectivity index (χ0) is 15.7. The highest BCUT2D eigenvalue weighted by Crippen LogP contribution is 2.24. The van der Waals surface area contributed by atoms with E-state index in [-0.39, 0.29) is 17.9 Å². The van der Waals surface area contributed by atoms with E-state index in [9.17, 15) is 4.79 Å². The van der Waals surface area contributed by atoms with Gasteiger partial charge in [0, 0.05) is 23.6 Å². The van der Waals surface area contributed by atoms with E-state index in [1.54, 1.807) is 0 Å². The van der Waals surface area contributed by atoms with Crippen molar-refractivity contribution < 1.29 is 9.53 Å². The quantitative estimate of drug-likeness (QED) is 0.915. The fraction of sp³-hybridized carbons (Fsp3) is 0.412. The molecular formula is C17H21N3O2. The number of amides is 1. The first-order valence-corrected chi connectivity index (χ1v) is 7.60. The number of benzene rings is 1. The molecule has 22 heavy (non-hydrogen) atoms. The van der Waals surface area contributed by atoms with Gasteiger partial charge in [0.2, 0.25) is 0 Å². The Balaban J connectivity index is 1.78. The zero-order valence-electron chi connectivity index (χ0n) is 13.1. The summed E-state index contributed by atoms with van der Waals surface area (Å²) in [5.41, 5.74) is 3.75. The van der Waals surface area contributed by atoms with Gasteiger partial charge >= 0.3 is 0 Å². The highest BCUT2D eigenvalue weighted by molar-refractivity contribution is 5.95. The van der Waals surface area contributed by atoms with E-state index < -0.39 is 0 Å². The van der Waals surface area contributed by atoms with Gasteiger partial charge < -0.3 is 15.0 Å². The van der Waals surface area contributed by atoms with Gasteiger partial charge in [0.1, 0.15) is 11.9 Å². The number of hydrogen-bond acceptors (Lipinski definition) is 3. The van der Waals surface area contributed by atoms with Crippen molar-refractivity contribution in [3.8, 4) is 11.4 Å². The van der Waals surface area contributed by atoms with Crippen LogP contribution in [-0.4, -0.2) is 28.6 Å². The molecule has 0 spiro atoms. The van der Waals surface area contributed by atoms with Crippen molar-refractivity contribution >= 4 is 11.6 Å². The number of anilines is 1. The number of nitrogens with zero attached hydrogens (tertiary/aromatic N) is 1. The van der Waals surface area contributed by atoms with Gasteiger partial charge in [-0.15, -0.1) is 0 Å². The third-order valence-electron chi connectivity index (χ3n) is 4.18. The van der Waals surface area contributed by atoms with Crippen molar-refractivity contribution in [2.24, 2.45) is 5.92 Å². The minimum absolute atomic E-state index is 0.0750. The van der Waals surface area contributed by atoms with Gasteiger partial charge in [-0.2, -0.15) is 0 Å². The fourth-order valence-electron chi connectivity index (χ4n) is 2.67. The predicted molar refractivity (Wildman–Crippen MR) is 85.6 cm³/mol. The molecule has 0 radical (unpaired) electrons. The van der Waals surface area contributed by atoms with Crippen molar-refractivity contribution in [2.45, 2.75) is 33.3 Å². The number of carbonyl (C=O) groups excluding carboxylic acids is 1. The van der Waals surface area contributed by atoms with Crippen molar-refractivity contribution in [3.05, 3.63) is 35.7 Å². The first-order valence-electron chi connectivity index (χ1n) is 7.60. The van der Waals surface area contributed by atoms with Crippen LogP contribution in [-0.2, 0) is 9.53 Å². The van der Waals surface area contributed by atoms with Crippen LogP contribution in [0.2, 0.25) is 0 Å². The van der Waals surface area contributed by atoms with Crippen LogP contribution in [0.5, 0.6) is 0 Å². The predicted octanol–water partition coefficient (Wildman–Crippen LogP) is 3.06. The Morgan fingerprint density at radius 2 is 2.23 bits per heavy atom. The number of rotatable bonds is 3. The molecule has 0 bridgehead atoms. The number of aromatic amines is 1. The van der Waals surface area contributed by atoms with Crippen molar-refractivity contribution in [2.75, 3.05) is 11.9 Å². The van der Waals surface area contributed by atoms with Crippen molar-refractivity contribution in [1.82, 2.24) is 9.97 Å². The van der Waals surface area contributed by atoms with Crippen LogP contribution in [0, 0.1) is 19.8 Å². The summed E-state index contributed by atoms with van der Waals surface area (Å²) in [7, 11) is 0. The molecule has 1 fully saturated rings. The second kappa shape index (κ2) is 5.93. The molecule has 1 amide bonds. The first kappa shape index (κ1) is 14.8. The van der Waals surface area contributed by atoms with Crippen LogP contribution in [0.15, 0.2) is 24.3 Å². The Morgan fingerprint density at radius 1 is 1.41 bits per heavy atom. The summed E-state index contributed by atoms with van der Waals surface area (Å²) in [6, 6.07) is 7.69. The number of hydrogen-bond donors (Lipinski definition) is 2. The number of carbonyl (C=O) groups is 1. The van der Waals surface area contributed by atoms with E-state index in [0.29, 0.717) is 6.61 Å². The van der Waals surface area contributed by atoms with Crippen LogP contribution in [0.25, 0.3) is 11.4 Å². The molecule has 2 atom stereocenters. The number of aryl methyl sites for hydroxylation is 2. The molecule has 0 saturated carbocycles.